The smallest absolute Gasteiger partial charge is 0.341 e. The molecule has 1 fully saturated rings. The van der Waals surface area contributed by atoms with Crippen LogP contribution < -0.4 is 5.32 Å². The lowest BCUT2D eigenvalue weighted by Crippen LogP contribution is -2.32. The molecule has 1 saturated heterocycles. The second-order valence-electron chi connectivity index (χ2n) is 6.68. The Morgan fingerprint density at radius 3 is 2.55 bits per heavy atom. The van der Waals surface area contributed by atoms with E-state index in [0.717, 1.165) is 25.7 Å². The van der Waals surface area contributed by atoms with Crippen LogP contribution in [0.4, 0.5) is 5.00 Å². The van der Waals surface area contributed by atoms with E-state index in [1.165, 1.54) is 27.8 Å². The molecule has 2 aromatic rings. The van der Waals surface area contributed by atoms with Gasteiger partial charge >= 0.3 is 5.97 Å². The maximum absolute atomic E-state index is 13.0. The summed E-state index contributed by atoms with van der Waals surface area (Å²) in [6, 6.07) is 7.58. The van der Waals surface area contributed by atoms with E-state index in [1.54, 1.807) is 30.5 Å². The number of benzene rings is 1. The lowest BCUT2D eigenvalue weighted by molar-refractivity contribution is 0.0528. The molecule has 1 N–H and O–H groups in total. The molecular weight excluding hydrogens is 412 g/mol. The number of esters is 1. The first-order valence-electron chi connectivity index (χ1n) is 9.59. The van der Waals surface area contributed by atoms with Gasteiger partial charge in [0.25, 0.3) is 5.91 Å². The fourth-order valence-electron chi connectivity index (χ4n) is 3.18. The molecule has 1 amide bonds. The fraction of sp³-hybridized carbons (Fsp3) is 0.400. The Hall–Kier alpha value is -2.23. The summed E-state index contributed by atoms with van der Waals surface area (Å²) < 4.78 is 32.4. The van der Waals surface area contributed by atoms with Crippen molar-refractivity contribution in [1.82, 2.24) is 4.31 Å². The summed E-state index contributed by atoms with van der Waals surface area (Å²) in [5.41, 5.74) is 0.489. The zero-order chi connectivity index (χ0) is 20.9. The second-order valence-corrected chi connectivity index (χ2v) is 9.54. The summed E-state index contributed by atoms with van der Waals surface area (Å²) in [4.78, 5) is 24.8. The maximum Gasteiger partial charge on any atom is 0.341 e. The van der Waals surface area contributed by atoms with Crippen molar-refractivity contribution in [2.45, 2.75) is 37.5 Å². The van der Waals surface area contributed by atoms with Crippen LogP contribution in [0.15, 0.2) is 40.6 Å². The average Bonchev–Trinajstić information content (AvgIpc) is 2.99. The van der Waals surface area contributed by atoms with Crippen LogP contribution in [0.5, 0.6) is 0 Å². The maximum atomic E-state index is 13.0. The molecule has 0 saturated carbocycles. The van der Waals surface area contributed by atoms with Gasteiger partial charge in [0.05, 0.1) is 17.1 Å². The van der Waals surface area contributed by atoms with E-state index in [-0.39, 0.29) is 22.6 Å². The highest BCUT2D eigenvalue weighted by atomic mass is 32.2. The van der Waals surface area contributed by atoms with Crippen LogP contribution in [0.2, 0.25) is 0 Å². The molecule has 156 valence electrons. The third kappa shape index (κ3) is 5.04. The number of nitrogens with one attached hydrogen (secondary N) is 1. The van der Waals surface area contributed by atoms with Crippen LogP contribution in [0, 0.1) is 0 Å². The molecule has 29 heavy (non-hydrogen) atoms. The Kier molecular flexibility index (Phi) is 7.05. The molecule has 0 bridgehead atoms. The standard InChI is InChI=1S/C20H24N2O5S2/c1-2-27-20(24)17-10-13-28-19(17)21-18(23)15-8-7-9-16(14-15)29(25,26)22-11-5-3-4-6-12-22/h7-10,13-14H,2-6,11-12H2,1H3,(H,21,23). The minimum atomic E-state index is -3.65. The van der Waals surface area contributed by atoms with Crippen LogP contribution >= 0.6 is 11.3 Å². The normalized spacial score (nSPS) is 15.5. The first-order chi connectivity index (χ1) is 13.9. The monoisotopic (exact) mass is 436 g/mol. The van der Waals surface area contributed by atoms with E-state index >= 15 is 0 Å². The highest BCUT2D eigenvalue weighted by Gasteiger charge is 2.26. The topological polar surface area (TPSA) is 92.8 Å². The van der Waals surface area contributed by atoms with E-state index in [9.17, 15) is 18.0 Å². The van der Waals surface area contributed by atoms with E-state index < -0.39 is 21.9 Å². The zero-order valence-electron chi connectivity index (χ0n) is 16.2. The van der Waals surface area contributed by atoms with Crippen molar-refractivity contribution in [2.24, 2.45) is 0 Å². The van der Waals surface area contributed by atoms with Gasteiger partial charge in [0.1, 0.15) is 5.00 Å². The number of nitrogens with zero attached hydrogens (tertiary/aromatic N) is 1. The molecule has 7 nitrogen and oxygen atoms in total. The number of rotatable bonds is 6. The van der Waals surface area contributed by atoms with E-state index in [4.69, 9.17) is 4.74 Å². The van der Waals surface area contributed by atoms with Gasteiger partial charge in [0.15, 0.2) is 0 Å². The van der Waals surface area contributed by atoms with Crippen molar-refractivity contribution in [2.75, 3.05) is 25.0 Å². The van der Waals surface area contributed by atoms with Crippen LogP contribution in [-0.4, -0.2) is 44.3 Å². The van der Waals surface area contributed by atoms with Gasteiger partial charge in [-0.05, 0) is 49.4 Å². The molecule has 0 atom stereocenters. The molecule has 0 radical (unpaired) electrons. The van der Waals surface area contributed by atoms with Crippen molar-refractivity contribution in [3.8, 4) is 0 Å². The van der Waals surface area contributed by atoms with Gasteiger partial charge in [-0.2, -0.15) is 4.31 Å². The first-order valence-corrected chi connectivity index (χ1v) is 11.9. The predicted octanol–water partition coefficient (Wildman–Crippen LogP) is 3.74. The first kappa shape index (κ1) is 21.5. The lowest BCUT2D eigenvalue weighted by atomic mass is 10.2. The van der Waals surface area contributed by atoms with Crippen molar-refractivity contribution in [1.29, 1.82) is 0 Å². The molecule has 0 unspecified atom stereocenters. The largest absolute Gasteiger partial charge is 0.462 e. The Morgan fingerprint density at radius 1 is 1.14 bits per heavy atom. The van der Waals surface area contributed by atoms with Crippen LogP contribution in [-0.2, 0) is 14.8 Å². The summed E-state index contributed by atoms with van der Waals surface area (Å²) in [6.07, 6.45) is 3.74. The van der Waals surface area contributed by atoms with Gasteiger partial charge < -0.3 is 10.1 Å². The molecule has 0 spiro atoms. The third-order valence-electron chi connectivity index (χ3n) is 4.69. The molecule has 1 aliphatic rings. The van der Waals surface area contributed by atoms with Gasteiger partial charge in [-0.1, -0.05) is 18.9 Å². The summed E-state index contributed by atoms with van der Waals surface area (Å²) in [5.74, 6) is -0.993. The summed E-state index contributed by atoms with van der Waals surface area (Å²) >= 11 is 1.20. The SMILES string of the molecule is CCOC(=O)c1ccsc1NC(=O)c1cccc(S(=O)(=O)N2CCCCCC2)c1. The molecule has 9 heteroatoms. The van der Waals surface area contributed by atoms with E-state index in [0.29, 0.717) is 18.1 Å². The Bertz CT molecular complexity index is 976. The summed E-state index contributed by atoms with van der Waals surface area (Å²) in [6.45, 7) is 2.94. The predicted molar refractivity (Wildman–Crippen MR) is 112 cm³/mol. The molecule has 2 heterocycles. The van der Waals surface area contributed by atoms with Gasteiger partial charge in [-0.25, -0.2) is 13.2 Å². The Balaban J connectivity index is 1.80. The van der Waals surface area contributed by atoms with Crippen molar-refractivity contribution in [3.05, 3.63) is 46.8 Å². The lowest BCUT2D eigenvalue weighted by Gasteiger charge is -2.20. The van der Waals surface area contributed by atoms with Crippen molar-refractivity contribution < 1.29 is 22.7 Å². The van der Waals surface area contributed by atoms with Crippen LogP contribution in [0.25, 0.3) is 0 Å². The van der Waals surface area contributed by atoms with Gasteiger partial charge in [-0.15, -0.1) is 11.3 Å². The van der Waals surface area contributed by atoms with Crippen molar-refractivity contribution >= 4 is 38.2 Å². The van der Waals surface area contributed by atoms with Crippen LogP contribution in [0.1, 0.15) is 53.3 Å². The Morgan fingerprint density at radius 2 is 1.86 bits per heavy atom. The average molecular weight is 437 g/mol. The molecular formula is C20H24N2O5S2. The summed E-state index contributed by atoms with van der Waals surface area (Å²) in [5, 5.41) is 4.74. The van der Waals surface area contributed by atoms with Crippen LogP contribution in [0.3, 0.4) is 0 Å². The minimum absolute atomic E-state index is 0.101. The fourth-order valence-corrected chi connectivity index (χ4v) is 5.51. The summed E-state index contributed by atoms with van der Waals surface area (Å²) in [7, 11) is -3.65. The number of amides is 1. The molecule has 3 rings (SSSR count). The number of hydrogen-bond donors (Lipinski definition) is 1. The van der Waals surface area contributed by atoms with Gasteiger partial charge in [0.2, 0.25) is 10.0 Å². The van der Waals surface area contributed by atoms with Gasteiger partial charge in [0, 0.05) is 18.7 Å². The van der Waals surface area contributed by atoms with Crippen molar-refractivity contribution in [3.63, 3.8) is 0 Å². The highest BCUT2D eigenvalue weighted by molar-refractivity contribution is 7.89. The number of hydrogen-bond acceptors (Lipinski definition) is 6. The molecule has 1 aromatic heterocycles. The molecule has 1 aliphatic heterocycles. The number of sulfonamides is 1. The quantitative estimate of drug-likeness (QED) is 0.697. The number of ether oxygens (including phenoxy) is 1. The number of carbonyl (C=O) groups is 2. The van der Waals surface area contributed by atoms with Gasteiger partial charge in [-0.3, -0.25) is 4.79 Å². The third-order valence-corrected chi connectivity index (χ3v) is 7.41. The number of anilines is 1. The molecule has 1 aromatic carbocycles. The number of carbonyl (C=O) groups excluding carboxylic acids is 2. The van der Waals surface area contributed by atoms with E-state index in [2.05, 4.69) is 5.32 Å². The minimum Gasteiger partial charge on any atom is -0.462 e. The zero-order valence-corrected chi connectivity index (χ0v) is 17.9. The highest BCUT2D eigenvalue weighted by Crippen LogP contribution is 2.26. The Labute approximate surface area is 174 Å². The second kappa shape index (κ2) is 9.51. The number of thiophene rings is 1. The van der Waals surface area contributed by atoms with E-state index in [1.807, 2.05) is 0 Å². The molecule has 0 aliphatic carbocycles.